The van der Waals surface area contributed by atoms with Crippen LogP contribution in [-0.4, -0.2) is 26.7 Å². The van der Waals surface area contributed by atoms with Crippen molar-refractivity contribution in [1.82, 2.24) is 20.1 Å². The zero-order valence-electron chi connectivity index (χ0n) is 15.6. The fourth-order valence-electron chi connectivity index (χ4n) is 3.16. The molecule has 1 heterocycles. The number of aromatic nitrogens is 3. The highest BCUT2D eigenvalue weighted by molar-refractivity contribution is 6.30. The van der Waals surface area contributed by atoms with E-state index in [0.717, 1.165) is 17.5 Å². The van der Waals surface area contributed by atoms with Crippen molar-refractivity contribution in [1.29, 1.82) is 0 Å². The second-order valence-corrected chi connectivity index (χ2v) is 7.63. The minimum Gasteiger partial charge on any atom is -0.353 e. The van der Waals surface area contributed by atoms with Gasteiger partial charge in [0.15, 0.2) is 0 Å². The molecule has 28 heavy (non-hydrogen) atoms. The maximum Gasteiger partial charge on any atom is 0.222 e. The predicted molar refractivity (Wildman–Crippen MR) is 112 cm³/mol. The first-order valence-corrected chi connectivity index (χ1v) is 9.88. The molecular formula is C21H22Cl2N4O. The van der Waals surface area contributed by atoms with Gasteiger partial charge >= 0.3 is 0 Å². The molecule has 146 valence electrons. The second-order valence-electron chi connectivity index (χ2n) is 6.75. The zero-order valence-corrected chi connectivity index (χ0v) is 17.1. The van der Waals surface area contributed by atoms with Crippen LogP contribution in [0.3, 0.4) is 0 Å². The smallest absolute Gasteiger partial charge is 0.222 e. The van der Waals surface area contributed by atoms with Gasteiger partial charge in [0.2, 0.25) is 5.91 Å². The summed E-state index contributed by atoms with van der Waals surface area (Å²) >= 11 is 12.1. The number of carbonyl (C=O) groups excluding carboxylic acids is 1. The monoisotopic (exact) mass is 416 g/mol. The summed E-state index contributed by atoms with van der Waals surface area (Å²) in [4.78, 5) is 16.3. The lowest BCUT2D eigenvalue weighted by Gasteiger charge is -2.26. The normalized spacial score (nSPS) is 13.1. The third-order valence-electron chi connectivity index (χ3n) is 4.69. The molecule has 5 nitrogen and oxygen atoms in total. The highest BCUT2D eigenvalue weighted by atomic mass is 35.5. The second kappa shape index (κ2) is 9.71. The van der Waals surface area contributed by atoms with Gasteiger partial charge in [-0.15, -0.1) is 0 Å². The first kappa shape index (κ1) is 20.4. The van der Waals surface area contributed by atoms with Crippen LogP contribution in [0.25, 0.3) is 0 Å². The van der Waals surface area contributed by atoms with Crippen molar-refractivity contribution in [2.24, 2.45) is 0 Å². The van der Waals surface area contributed by atoms with E-state index in [9.17, 15) is 4.79 Å². The summed E-state index contributed by atoms with van der Waals surface area (Å²) in [5.41, 5.74) is 2.29. The molecule has 0 aliphatic rings. The summed E-state index contributed by atoms with van der Waals surface area (Å²) in [5.74, 6) is 0.0897. The standard InChI is InChI=1S/C21H22Cl2N4O/c1-15(26-21(28)10-11-27-14-24-13-25-27)20(17-4-8-19(23)9-5-17)12-16-2-6-18(22)7-3-16/h2-9,13-15,20H,10-12H2,1H3,(H,26,28). The molecule has 0 aliphatic heterocycles. The topological polar surface area (TPSA) is 59.8 Å². The minimum absolute atomic E-state index is 0.0157. The number of nitrogens with zero attached hydrogens (tertiary/aromatic N) is 3. The molecule has 7 heteroatoms. The number of carbonyl (C=O) groups is 1. The quantitative estimate of drug-likeness (QED) is 0.587. The highest BCUT2D eigenvalue weighted by Crippen LogP contribution is 2.26. The van der Waals surface area contributed by atoms with Crippen molar-refractivity contribution in [3.8, 4) is 0 Å². The molecule has 2 unspecified atom stereocenters. The first-order valence-electron chi connectivity index (χ1n) is 9.13. The maximum atomic E-state index is 12.4. The fraction of sp³-hybridized carbons (Fsp3) is 0.286. The van der Waals surface area contributed by atoms with Gasteiger partial charge < -0.3 is 5.32 Å². The van der Waals surface area contributed by atoms with E-state index in [1.165, 1.54) is 6.33 Å². The molecule has 1 aromatic heterocycles. The van der Waals surface area contributed by atoms with E-state index < -0.39 is 0 Å². The molecule has 0 aliphatic carbocycles. The molecule has 0 radical (unpaired) electrons. The lowest BCUT2D eigenvalue weighted by molar-refractivity contribution is -0.122. The van der Waals surface area contributed by atoms with Crippen LogP contribution in [0, 0.1) is 0 Å². The Morgan fingerprint density at radius 1 is 1.07 bits per heavy atom. The lowest BCUT2D eigenvalue weighted by atomic mass is 9.86. The van der Waals surface area contributed by atoms with Crippen molar-refractivity contribution in [3.05, 3.63) is 82.4 Å². The number of rotatable bonds is 8. The summed E-state index contributed by atoms with van der Waals surface area (Å²) in [6.45, 7) is 2.53. The minimum atomic E-state index is -0.0555. The molecule has 0 spiro atoms. The van der Waals surface area contributed by atoms with Crippen molar-refractivity contribution in [2.45, 2.75) is 38.3 Å². The van der Waals surface area contributed by atoms with Crippen LogP contribution < -0.4 is 5.32 Å². The summed E-state index contributed by atoms with van der Waals surface area (Å²) in [6, 6.07) is 15.5. The summed E-state index contributed by atoms with van der Waals surface area (Å²) in [5, 5.41) is 8.55. The van der Waals surface area contributed by atoms with Crippen molar-refractivity contribution >= 4 is 29.1 Å². The Bertz CT molecular complexity index is 880. The largest absolute Gasteiger partial charge is 0.353 e. The van der Waals surface area contributed by atoms with Crippen LogP contribution in [0.2, 0.25) is 10.0 Å². The van der Waals surface area contributed by atoms with Gasteiger partial charge in [-0.25, -0.2) is 4.98 Å². The average molecular weight is 417 g/mol. The Morgan fingerprint density at radius 2 is 1.71 bits per heavy atom. The third-order valence-corrected chi connectivity index (χ3v) is 5.20. The Balaban J connectivity index is 1.70. The van der Waals surface area contributed by atoms with Crippen LogP contribution in [0.4, 0.5) is 0 Å². The molecule has 0 saturated heterocycles. The van der Waals surface area contributed by atoms with Gasteiger partial charge in [0.1, 0.15) is 12.7 Å². The SMILES string of the molecule is CC(NC(=O)CCn1cncn1)C(Cc1ccc(Cl)cc1)c1ccc(Cl)cc1. The number of aryl methyl sites for hydroxylation is 1. The number of halogens is 2. The Labute approximate surface area is 174 Å². The molecule has 0 fully saturated rings. The van der Waals surface area contributed by atoms with E-state index in [-0.39, 0.29) is 17.9 Å². The Morgan fingerprint density at radius 3 is 2.32 bits per heavy atom. The number of benzene rings is 2. The van der Waals surface area contributed by atoms with Crippen LogP contribution >= 0.6 is 23.2 Å². The summed E-state index contributed by atoms with van der Waals surface area (Å²) < 4.78 is 1.65. The molecule has 0 bridgehead atoms. The summed E-state index contributed by atoms with van der Waals surface area (Å²) in [7, 11) is 0. The van der Waals surface area contributed by atoms with Gasteiger partial charge in [-0.1, -0.05) is 47.5 Å². The van der Waals surface area contributed by atoms with E-state index in [0.29, 0.717) is 23.0 Å². The van der Waals surface area contributed by atoms with E-state index in [1.54, 1.807) is 11.0 Å². The van der Waals surface area contributed by atoms with Crippen LogP contribution in [-0.2, 0) is 17.8 Å². The van der Waals surface area contributed by atoms with E-state index in [2.05, 4.69) is 15.4 Å². The van der Waals surface area contributed by atoms with E-state index in [1.807, 2.05) is 55.5 Å². The van der Waals surface area contributed by atoms with Crippen molar-refractivity contribution < 1.29 is 4.79 Å². The Kier molecular flexibility index (Phi) is 7.06. The number of hydrogen-bond donors (Lipinski definition) is 1. The number of amides is 1. The predicted octanol–water partition coefficient (Wildman–Crippen LogP) is 4.51. The van der Waals surface area contributed by atoms with E-state index in [4.69, 9.17) is 23.2 Å². The molecule has 0 saturated carbocycles. The van der Waals surface area contributed by atoms with Crippen LogP contribution in [0.15, 0.2) is 61.2 Å². The van der Waals surface area contributed by atoms with Gasteiger partial charge in [0, 0.05) is 28.4 Å². The van der Waals surface area contributed by atoms with E-state index >= 15 is 0 Å². The van der Waals surface area contributed by atoms with Crippen molar-refractivity contribution in [2.75, 3.05) is 0 Å². The molecule has 2 aromatic carbocycles. The summed E-state index contributed by atoms with van der Waals surface area (Å²) in [6.07, 6.45) is 4.20. The molecule has 3 rings (SSSR count). The molecule has 1 N–H and O–H groups in total. The number of hydrogen-bond acceptors (Lipinski definition) is 3. The van der Waals surface area contributed by atoms with Gasteiger partial charge in [0.25, 0.3) is 0 Å². The third kappa shape index (κ3) is 5.81. The first-order chi connectivity index (χ1) is 13.5. The lowest BCUT2D eigenvalue weighted by Crippen LogP contribution is -2.38. The molecule has 2 atom stereocenters. The molecule has 3 aromatic rings. The Hall–Kier alpha value is -2.37. The zero-order chi connectivity index (χ0) is 19.9. The highest BCUT2D eigenvalue weighted by Gasteiger charge is 2.22. The average Bonchev–Trinajstić information content (AvgIpc) is 3.20. The van der Waals surface area contributed by atoms with Crippen LogP contribution in [0.1, 0.15) is 30.4 Å². The van der Waals surface area contributed by atoms with Crippen molar-refractivity contribution in [3.63, 3.8) is 0 Å². The fourth-order valence-corrected chi connectivity index (χ4v) is 3.41. The van der Waals surface area contributed by atoms with Gasteiger partial charge in [-0.05, 0) is 48.7 Å². The number of nitrogens with one attached hydrogen (secondary N) is 1. The molecule has 1 amide bonds. The van der Waals surface area contributed by atoms with Gasteiger partial charge in [-0.3, -0.25) is 9.48 Å². The molecular weight excluding hydrogens is 395 g/mol. The van der Waals surface area contributed by atoms with Gasteiger partial charge in [-0.2, -0.15) is 5.10 Å². The van der Waals surface area contributed by atoms with Crippen LogP contribution in [0.5, 0.6) is 0 Å². The maximum absolute atomic E-state index is 12.4. The van der Waals surface area contributed by atoms with Gasteiger partial charge in [0.05, 0.1) is 6.54 Å².